The molecule has 0 aromatic carbocycles. The van der Waals surface area contributed by atoms with Crippen LogP contribution in [-0.2, 0) is 16.0 Å². The number of nitrogens with zero attached hydrogens (tertiary/aromatic N) is 3. The summed E-state index contributed by atoms with van der Waals surface area (Å²) in [5.74, 6) is 0.820. The first kappa shape index (κ1) is 19.0. The minimum Gasteiger partial charge on any atom is -0.379 e. The molecule has 136 valence electrons. The van der Waals surface area contributed by atoms with E-state index in [4.69, 9.17) is 9.47 Å². The predicted octanol–water partition coefficient (Wildman–Crippen LogP) is 1.46. The van der Waals surface area contributed by atoms with Crippen molar-refractivity contribution in [3.8, 4) is 0 Å². The van der Waals surface area contributed by atoms with Crippen molar-refractivity contribution in [2.45, 2.75) is 32.4 Å². The Balaban J connectivity index is 1.69. The largest absolute Gasteiger partial charge is 0.379 e. The lowest BCUT2D eigenvalue weighted by Crippen LogP contribution is -2.38. The summed E-state index contributed by atoms with van der Waals surface area (Å²) in [6.45, 7) is 6.62. The van der Waals surface area contributed by atoms with E-state index in [0.29, 0.717) is 6.54 Å². The van der Waals surface area contributed by atoms with Crippen molar-refractivity contribution in [2.75, 3.05) is 51.9 Å². The Morgan fingerprint density at radius 1 is 1.50 bits per heavy atom. The molecule has 0 saturated carbocycles. The second-order valence-corrected chi connectivity index (χ2v) is 6.68. The number of aliphatic imine (C=N–C) groups is 1. The maximum absolute atomic E-state index is 5.76. The van der Waals surface area contributed by atoms with Crippen molar-refractivity contribution in [3.05, 3.63) is 11.1 Å². The van der Waals surface area contributed by atoms with Gasteiger partial charge in [0.2, 0.25) is 0 Å². The van der Waals surface area contributed by atoms with Crippen LogP contribution in [0, 0.1) is 0 Å². The van der Waals surface area contributed by atoms with E-state index < -0.39 is 0 Å². The van der Waals surface area contributed by atoms with Gasteiger partial charge in [0.05, 0.1) is 24.9 Å². The number of anilines is 1. The number of thiazole rings is 1. The van der Waals surface area contributed by atoms with Gasteiger partial charge in [0.25, 0.3) is 0 Å². The fourth-order valence-corrected chi connectivity index (χ4v) is 3.00. The van der Waals surface area contributed by atoms with Crippen molar-refractivity contribution in [1.29, 1.82) is 0 Å². The van der Waals surface area contributed by atoms with E-state index in [1.165, 1.54) is 0 Å². The van der Waals surface area contributed by atoms with E-state index in [1.54, 1.807) is 11.3 Å². The van der Waals surface area contributed by atoms with Gasteiger partial charge in [-0.3, -0.25) is 0 Å². The van der Waals surface area contributed by atoms with E-state index in [2.05, 4.69) is 32.9 Å². The quantitative estimate of drug-likeness (QED) is 0.397. The zero-order valence-corrected chi connectivity index (χ0v) is 15.7. The first-order chi connectivity index (χ1) is 11.7. The highest BCUT2D eigenvalue weighted by Gasteiger charge is 2.15. The maximum Gasteiger partial charge on any atom is 0.191 e. The molecule has 1 aromatic heterocycles. The summed E-state index contributed by atoms with van der Waals surface area (Å²) in [5.41, 5.74) is 0.991. The highest BCUT2D eigenvalue weighted by Crippen LogP contribution is 2.18. The van der Waals surface area contributed by atoms with Crippen LogP contribution in [0.25, 0.3) is 0 Å². The van der Waals surface area contributed by atoms with Crippen LogP contribution in [0.2, 0.25) is 0 Å². The zero-order chi connectivity index (χ0) is 17.2. The topological polar surface area (TPSA) is 71.0 Å². The van der Waals surface area contributed by atoms with E-state index in [1.807, 2.05) is 19.0 Å². The summed E-state index contributed by atoms with van der Waals surface area (Å²) in [6.07, 6.45) is 2.24. The van der Waals surface area contributed by atoms with Gasteiger partial charge in [-0.05, 0) is 19.8 Å². The van der Waals surface area contributed by atoms with Crippen LogP contribution in [0.3, 0.4) is 0 Å². The third-order valence-corrected chi connectivity index (χ3v) is 4.58. The molecule has 2 rings (SSSR count). The summed E-state index contributed by atoms with van der Waals surface area (Å²) in [7, 11) is 3.99. The minimum absolute atomic E-state index is 0.280. The normalized spacial score (nSPS) is 18.0. The lowest BCUT2D eigenvalue weighted by molar-refractivity contribution is 0.0420. The molecule has 1 saturated heterocycles. The molecule has 24 heavy (non-hydrogen) atoms. The third kappa shape index (κ3) is 6.62. The molecule has 0 amide bonds. The van der Waals surface area contributed by atoms with Gasteiger partial charge in [-0.15, -0.1) is 11.3 Å². The van der Waals surface area contributed by atoms with Crippen LogP contribution in [-0.4, -0.2) is 64.1 Å². The monoisotopic (exact) mass is 355 g/mol. The molecule has 7 nitrogen and oxygen atoms in total. The van der Waals surface area contributed by atoms with Crippen LogP contribution in [0.15, 0.2) is 10.4 Å². The lowest BCUT2D eigenvalue weighted by atomic mass is 10.3. The molecule has 1 fully saturated rings. The fourth-order valence-electron chi connectivity index (χ4n) is 2.25. The van der Waals surface area contributed by atoms with E-state index in [-0.39, 0.29) is 6.10 Å². The Labute approximate surface area is 148 Å². The molecule has 0 radical (unpaired) electrons. The molecule has 1 aliphatic rings. The highest BCUT2D eigenvalue weighted by atomic mass is 32.1. The number of rotatable bonds is 9. The SMILES string of the molecule is CCNC(=NCc1csc(N(C)C)n1)NCCCOC1CCOC1. The number of nitrogens with one attached hydrogen (secondary N) is 2. The van der Waals surface area contributed by atoms with E-state index in [0.717, 1.165) is 62.5 Å². The molecule has 2 N–H and O–H groups in total. The van der Waals surface area contributed by atoms with Gasteiger partial charge in [-0.2, -0.15) is 0 Å². The van der Waals surface area contributed by atoms with Crippen LogP contribution in [0.4, 0.5) is 5.13 Å². The Kier molecular flexibility index (Phi) is 8.27. The molecule has 0 aliphatic carbocycles. The summed E-state index contributed by atoms with van der Waals surface area (Å²) in [4.78, 5) is 11.1. The molecule has 1 unspecified atom stereocenters. The van der Waals surface area contributed by atoms with Crippen LogP contribution in [0.1, 0.15) is 25.5 Å². The fraction of sp³-hybridized carbons (Fsp3) is 0.750. The molecule has 8 heteroatoms. The Morgan fingerprint density at radius 2 is 2.38 bits per heavy atom. The molecular weight excluding hydrogens is 326 g/mol. The minimum atomic E-state index is 0.280. The van der Waals surface area contributed by atoms with Gasteiger partial charge < -0.3 is 25.0 Å². The predicted molar refractivity (Wildman–Crippen MR) is 99.1 cm³/mol. The van der Waals surface area contributed by atoms with Crippen molar-refractivity contribution in [3.63, 3.8) is 0 Å². The van der Waals surface area contributed by atoms with Gasteiger partial charge in [0.1, 0.15) is 0 Å². The summed E-state index contributed by atoms with van der Waals surface area (Å²) >= 11 is 1.64. The number of hydrogen-bond donors (Lipinski definition) is 2. The molecule has 2 heterocycles. The maximum atomic E-state index is 5.76. The second-order valence-electron chi connectivity index (χ2n) is 5.85. The number of hydrogen-bond acceptors (Lipinski definition) is 6. The third-order valence-electron chi connectivity index (χ3n) is 3.52. The number of aromatic nitrogens is 1. The Morgan fingerprint density at radius 3 is 3.04 bits per heavy atom. The van der Waals surface area contributed by atoms with Crippen LogP contribution >= 0.6 is 11.3 Å². The van der Waals surface area contributed by atoms with Gasteiger partial charge in [0, 0.05) is 45.8 Å². The van der Waals surface area contributed by atoms with Gasteiger partial charge in [-0.1, -0.05) is 0 Å². The highest BCUT2D eigenvalue weighted by molar-refractivity contribution is 7.13. The standard InChI is InChI=1S/C16H29N5O2S/c1-4-17-15(18-7-5-8-23-14-6-9-22-11-14)19-10-13-12-24-16(20-13)21(2)3/h12,14H,4-11H2,1-3H3,(H2,17,18,19). The molecule has 0 bridgehead atoms. The number of ether oxygens (including phenoxy) is 2. The number of guanidine groups is 1. The summed E-state index contributed by atoms with van der Waals surface area (Å²) in [6, 6.07) is 0. The van der Waals surface area contributed by atoms with Crippen molar-refractivity contribution >= 4 is 22.4 Å². The average molecular weight is 356 g/mol. The first-order valence-corrected chi connectivity index (χ1v) is 9.40. The Bertz CT molecular complexity index is 500. The van der Waals surface area contributed by atoms with Crippen LogP contribution < -0.4 is 15.5 Å². The zero-order valence-electron chi connectivity index (χ0n) is 14.9. The van der Waals surface area contributed by atoms with E-state index >= 15 is 0 Å². The lowest BCUT2D eigenvalue weighted by Gasteiger charge is -2.12. The van der Waals surface area contributed by atoms with E-state index in [9.17, 15) is 0 Å². The second kappa shape index (κ2) is 10.5. The molecule has 1 aromatic rings. The molecule has 0 spiro atoms. The smallest absolute Gasteiger partial charge is 0.191 e. The molecule has 1 atom stereocenters. The van der Waals surface area contributed by atoms with Crippen molar-refractivity contribution in [2.24, 2.45) is 4.99 Å². The first-order valence-electron chi connectivity index (χ1n) is 8.52. The van der Waals surface area contributed by atoms with Gasteiger partial charge >= 0.3 is 0 Å². The molecular formula is C16H29N5O2S. The van der Waals surface area contributed by atoms with Crippen molar-refractivity contribution < 1.29 is 9.47 Å². The van der Waals surface area contributed by atoms with Gasteiger partial charge in [-0.25, -0.2) is 9.98 Å². The Hall–Kier alpha value is -1.38. The van der Waals surface area contributed by atoms with Gasteiger partial charge in [0.15, 0.2) is 11.1 Å². The molecule has 1 aliphatic heterocycles. The van der Waals surface area contributed by atoms with Crippen molar-refractivity contribution in [1.82, 2.24) is 15.6 Å². The van der Waals surface area contributed by atoms with Crippen LogP contribution in [0.5, 0.6) is 0 Å². The summed E-state index contributed by atoms with van der Waals surface area (Å²) in [5, 5.41) is 9.66. The average Bonchev–Trinajstić information content (AvgIpc) is 3.23. The summed E-state index contributed by atoms with van der Waals surface area (Å²) < 4.78 is 11.1.